The maximum absolute atomic E-state index is 4.84. The van der Waals surface area contributed by atoms with E-state index in [9.17, 15) is 0 Å². The Kier molecular flexibility index (Phi) is 5.19. The van der Waals surface area contributed by atoms with E-state index in [4.69, 9.17) is 4.98 Å². The van der Waals surface area contributed by atoms with Gasteiger partial charge in [-0.1, -0.05) is 13.3 Å². The monoisotopic (exact) mass is 266 g/mol. The Balaban J connectivity index is 1.87. The third kappa shape index (κ3) is 3.55. The van der Waals surface area contributed by atoms with Crippen molar-refractivity contribution in [2.24, 2.45) is 0 Å². The smallest absolute Gasteiger partial charge is 0.0960 e. The number of thiazole rings is 1. The molecule has 1 saturated heterocycles. The number of hydrogen-bond donors (Lipinski definition) is 0. The second kappa shape index (κ2) is 6.67. The van der Waals surface area contributed by atoms with Crippen LogP contribution in [0.15, 0.2) is 5.38 Å². The first-order chi connectivity index (χ1) is 8.70. The van der Waals surface area contributed by atoms with Gasteiger partial charge in [-0.3, -0.25) is 0 Å². The molecule has 1 aliphatic rings. The fourth-order valence-corrected chi connectivity index (χ4v) is 3.67. The van der Waals surface area contributed by atoms with Gasteiger partial charge in [0.05, 0.1) is 10.7 Å². The summed E-state index contributed by atoms with van der Waals surface area (Å²) in [4.78, 5) is 7.43. The molecule has 0 spiro atoms. The predicted molar refractivity (Wildman–Crippen MR) is 79.4 cm³/mol. The molecule has 2 nitrogen and oxygen atoms in total. The van der Waals surface area contributed by atoms with Crippen molar-refractivity contribution in [2.75, 3.05) is 13.1 Å². The average molecular weight is 266 g/mol. The summed E-state index contributed by atoms with van der Waals surface area (Å²) < 4.78 is 0. The summed E-state index contributed by atoms with van der Waals surface area (Å²) in [6.45, 7) is 9.33. The quantitative estimate of drug-likeness (QED) is 0.798. The van der Waals surface area contributed by atoms with E-state index >= 15 is 0 Å². The van der Waals surface area contributed by atoms with Crippen molar-refractivity contribution in [3.8, 4) is 0 Å². The minimum atomic E-state index is 0.697. The molecule has 1 aromatic heterocycles. The first kappa shape index (κ1) is 14.0. The van der Waals surface area contributed by atoms with Crippen LogP contribution in [0.5, 0.6) is 0 Å². The summed E-state index contributed by atoms with van der Waals surface area (Å²) in [5.74, 6) is 0.723. The summed E-state index contributed by atoms with van der Waals surface area (Å²) in [5, 5.41) is 3.67. The molecule has 1 aliphatic heterocycles. The molecule has 102 valence electrons. The predicted octanol–water partition coefficient (Wildman–Crippen LogP) is 4.07. The zero-order valence-electron chi connectivity index (χ0n) is 12.0. The summed E-state index contributed by atoms with van der Waals surface area (Å²) in [6, 6.07) is 0.697. The van der Waals surface area contributed by atoms with Gasteiger partial charge in [-0.2, -0.15) is 0 Å². The number of rotatable bonds is 5. The van der Waals surface area contributed by atoms with E-state index in [1.807, 2.05) is 11.3 Å². The van der Waals surface area contributed by atoms with Crippen LogP contribution in [0.2, 0.25) is 0 Å². The van der Waals surface area contributed by atoms with Gasteiger partial charge in [0, 0.05) is 17.3 Å². The molecule has 0 aliphatic carbocycles. The zero-order chi connectivity index (χ0) is 13.0. The number of likely N-dealkylation sites (tertiary alicyclic amines) is 1. The second-order valence-corrected chi connectivity index (χ2v) is 6.57. The lowest BCUT2D eigenvalue weighted by Crippen LogP contribution is -2.37. The summed E-state index contributed by atoms with van der Waals surface area (Å²) in [5.41, 5.74) is 1.32. The molecule has 0 N–H and O–H groups in total. The summed E-state index contributed by atoms with van der Waals surface area (Å²) >= 11 is 1.89. The van der Waals surface area contributed by atoms with E-state index in [1.54, 1.807) is 0 Å². The van der Waals surface area contributed by atoms with E-state index in [0.29, 0.717) is 6.04 Å². The van der Waals surface area contributed by atoms with Gasteiger partial charge in [0.1, 0.15) is 0 Å². The lowest BCUT2D eigenvalue weighted by atomic mass is 9.97. The number of aromatic nitrogens is 1. The van der Waals surface area contributed by atoms with E-state index in [0.717, 1.165) is 12.3 Å². The van der Waals surface area contributed by atoms with Gasteiger partial charge in [-0.25, -0.2) is 4.98 Å². The average Bonchev–Trinajstić information content (AvgIpc) is 2.85. The van der Waals surface area contributed by atoms with Crippen LogP contribution in [-0.2, 0) is 6.42 Å². The van der Waals surface area contributed by atoms with Crippen LogP contribution in [0.4, 0.5) is 0 Å². The van der Waals surface area contributed by atoms with Crippen LogP contribution in [0.1, 0.15) is 63.1 Å². The van der Waals surface area contributed by atoms with Gasteiger partial charge in [-0.05, 0) is 52.6 Å². The van der Waals surface area contributed by atoms with E-state index in [1.165, 1.54) is 49.5 Å². The lowest BCUT2D eigenvalue weighted by molar-refractivity contribution is 0.172. The molecule has 3 heteroatoms. The van der Waals surface area contributed by atoms with Crippen molar-refractivity contribution in [1.82, 2.24) is 9.88 Å². The zero-order valence-corrected chi connectivity index (χ0v) is 12.8. The second-order valence-electron chi connectivity index (χ2n) is 5.68. The first-order valence-electron chi connectivity index (χ1n) is 7.39. The minimum Gasteiger partial charge on any atom is -0.301 e. The number of nitrogens with zero attached hydrogens (tertiary/aromatic N) is 2. The lowest BCUT2D eigenvalue weighted by Gasteiger charge is -2.33. The Labute approximate surface area is 115 Å². The molecular weight excluding hydrogens is 240 g/mol. The number of hydrogen-bond acceptors (Lipinski definition) is 3. The molecule has 18 heavy (non-hydrogen) atoms. The van der Waals surface area contributed by atoms with Crippen LogP contribution in [0, 0.1) is 0 Å². The van der Waals surface area contributed by atoms with Crippen LogP contribution >= 0.6 is 11.3 Å². The van der Waals surface area contributed by atoms with E-state index in [2.05, 4.69) is 31.1 Å². The summed E-state index contributed by atoms with van der Waals surface area (Å²) in [6.07, 6.45) is 6.28. The Morgan fingerprint density at radius 3 is 2.72 bits per heavy atom. The highest BCUT2D eigenvalue weighted by molar-refractivity contribution is 7.09. The van der Waals surface area contributed by atoms with Crippen molar-refractivity contribution in [2.45, 2.75) is 64.8 Å². The van der Waals surface area contributed by atoms with Gasteiger partial charge in [0.25, 0.3) is 0 Å². The van der Waals surface area contributed by atoms with Crippen LogP contribution < -0.4 is 0 Å². The Morgan fingerprint density at radius 2 is 2.11 bits per heavy atom. The Hall–Kier alpha value is -0.410. The normalized spacial score (nSPS) is 18.7. The molecule has 1 aromatic rings. The summed E-state index contributed by atoms with van der Waals surface area (Å²) in [7, 11) is 0. The third-order valence-electron chi connectivity index (χ3n) is 3.97. The molecule has 0 radical (unpaired) electrons. The Morgan fingerprint density at radius 1 is 1.39 bits per heavy atom. The third-order valence-corrected chi connectivity index (χ3v) is 5.02. The fraction of sp³-hybridized carbons (Fsp3) is 0.800. The van der Waals surface area contributed by atoms with E-state index < -0.39 is 0 Å². The molecule has 0 atom stereocenters. The molecular formula is C15H26N2S. The maximum atomic E-state index is 4.84. The number of piperidine rings is 1. The van der Waals surface area contributed by atoms with Crippen molar-refractivity contribution in [1.29, 1.82) is 0 Å². The van der Waals surface area contributed by atoms with Gasteiger partial charge in [0.15, 0.2) is 0 Å². The molecule has 0 amide bonds. The molecule has 2 rings (SSSR count). The van der Waals surface area contributed by atoms with Gasteiger partial charge >= 0.3 is 0 Å². The van der Waals surface area contributed by atoms with Gasteiger partial charge in [-0.15, -0.1) is 11.3 Å². The first-order valence-corrected chi connectivity index (χ1v) is 8.27. The van der Waals surface area contributed by atoms with Crippen molar-refractivity contribution < 1.29 is 0 Å². The van der Waals surface area contributed by atoms with Crippen LogP contribution in [0.3, 0.4) is 0 Å². The fourth-order valence-electron chi connectivity index (χ4n) is 2.65. The van der Waals surface area contributed by atoms with Crippen molar-refractivity contribution in [3.63, 3.8) is 0 Å². The molecule has 0 saturated carbocycles. The highest BCUT2D eigenvalue weighted by Crippen LogP contribution is 2.31. The SMILES string of the molecule is CCCCc1csc(C2CCN(C(C)C)CC2)n1. The largest absolute Gasteiger partial charge is 0.301 e. The molecule has 0 unspecified atom stereocenters. The van der Waals surface area contributed by atoms with Gasteiger partial charge in [0.2, 0.25) is 0 Å². The van der Waals surface area contributed by atoms with Gasteiger partial charge < -0.3 is 4.90 Å². The van der Waals surface area contributed by atoms with Crippen molar-refractivity contribution >= 4 is 11.3 Å². The minimum absolute atomic E-state index is 0.697. The highest BCUT2D eigenvalue weighted by atomic mass is 32.1. The maximum Gasteiger partial charge on any atom is 0.0960 e. The van der Waals surface area contributed by atoms with Crippen LogP contribution in [0.25, 0.3) is 0 Å². The van der Waals surface area contributed by atoms with Crippen LogP contribution in [-0.4, -0.2) is 29.0 Å². The molecule has 2 heterocycles. The number of unbranched alkanes of at least 4 members (excludes halogenated alkanes) is 1. The molecule has 1 fully saturated rings. The Bertz CT molecular complexity index is 351. The molecule has 0 aromatic carbocycles. The highest BCUT2D eigenvalue weighted by Gasteiger charge is 2.23. The van der Waals surface area contributed by atoms with Crippen molar-refractivity contribution in [3.05, 3.63) is 16.1 Å². The number of aryl methyl sites for hydroxylation is 1. The molecule has 0 bridgehead atoms. The topological polar surface area (TPSA) is 16.1 Å². The standard InChI is InChI=1S/C15H26N2S/c1-4-5-6-14-11-18-15(16-14)13-7-9-17(10-8-13)12(2)3/h11-13H,4-10H2,1-3H3. The van der Waals surface area contributed by atoms with E-state index in [-0.39, 0.29) is 0 Å².